The molecule has 2 aliphatic heterocycles. The van der Waals surface area contributed by atoms with Gasteiger partial charge in [-0.2, -0.15) is 5.10 Å². The normalized spacial score (nSPS) is 24.0. The molecule has 312 valence electrons. The van der Waals surface area contributed by atoms with Crippen LogP contribution < -0.4 is 26.4 Å². The summed E-state index contributed by atoms with van der Waals surface area (Å²) in [5.74, 6) is -0.881. The van der Waals surface area contributed by atoms with Crippen molar-refractivity contribution in [2.75, 3.05) is 36.4 Å². The maximum absolute atomic E-state index is 15.0. The Kier molecular flexibility index (Phi) is 11.2. The molecule has 4 aliphatic rings. The molecule has 2 saturated carbocycles. The lowest BCUT2D eigenvalue weighted by Crippen LogP contribution is -2.52. The van der Waals surface area contributed by atoms with Crippen LogP contribution in [0.3, 0.4) is 0 Å². The van der Waals surface area contributed by atoms with E-state index in [2.05, 4.69) is 53.9 Å². The summed E-state index contributed by atoms with van der Waals surface area (Å²) in [6.45, 7) is 3.78. The van der Waals surface area contributed by atoms with Crippen LogP contribution >= 0.6 is 0 Å². The highest BCUT2D eigenvalue weighted by atomic mass is 19.1. The molecule has 1 unspecified atom stereocenters. The topological polar surface area (TPSA) is 159 Å². The highest BCUT2D eigenvalue weighted by Gasteiger charge is 2.34. The summed E-state index contributed by atoms with van der Waals surface area (Å²) in [6, 6.07) is 19.1. The van der Waals surface area contributed by atoms with Crippen LogP contribution in [0.25, 0.3) is 27.8 Å². The number of carbonyl (C=O) groups excluding carboxylic acids is 3. The van der Waals surface area contributed by atoms with Gasteiger partial charge in [0, 0.05) is 98.3 Å². The molecule has 0 bridgehead atoms. The number of rotatable bonds is 9. The number of imide groups is 1. The maximum atomic E-state index is 15.0. The number of nitrogens with zero attached hydrogens (tertiary/aromatic N) is 7. The van der Waals surface area contributed by atoms with E-state index in [0.29, 0.717) is 36.1 Å². The minimum atomic E-state index is -0.540. The third-order valence-electron chi connectivity index (χ3n) is 13.1. The van der Waals surface area contributed by atoms with Crippen molar-refractivity contribution < 1.29 is 18.8 Å². The lowest BCUT2D eigenvalue weighted by molar-refractivity contribution is -0.134. The summed E-state index contributed by atoms with van der Waals surface area (Å²) in [5.41, 5.74) is 4.02. The Morgan fingerprint density at radius 2 is 1.62 bits per heavy atom. The lowest BCUT2D eigenvalue weighted by atomic mass is 9.83. The molecule has 3 N–H and O–H groups in total. The van der Waals surface area contributed by atoms with Gasteiger partial charge in [-0.3, -0.25) is 38.6 Å². The molecule has 3 amide bonds. The number of piperidine rings is 1. The molecule has 15 heteroatoms. The number of halogens is 1. The van der Waals surface area contributed by atoms with Gasteiger partial charge in [0.25, 0.3) is 5.56 Å². The van der Waals surface area contributed by atoms with E-state index in [-0.39, 0.29) is 47.0 Å². The third kappa shape index (κ3) is 8.27. The highest BCUT2D eigenvalue weighted by Crippen LogP contribution is 2.34. The zero-order valence-corrected chi connectivity index (χ0v) is 33.9. The number of nitrogens with one attached hydrogen (secondary N) is 3. The predicted octanol–water partition coefficient (Wildman–Crippen LogP) is 5.06. The third-order valence-corrected chi connectivity index (χ3v) is 13.1. The fraction of sp³-hybridized carbons (Fsp3) is 0.444. The van der Waals surface area contributed by atoms with Gasteiger partial charge in [-0.1, -0.05) is 18.2 Å². The first-order chi connectivity index (χ1) is 29.2. The SMILES string of the molecule is Cn1nc(C2CCC(=O)NC2=O)c2ccc(N3CCN([C@H]4CC[C@H](C(=O)N[C@H]5CC[C@H](Nc6ncc(F)c(-c7cccc(-n8ccccc8=O)c7)n6)CC5)CC4)CC3)cc21. The number of aryl methyl sites for hydroxylation is 1. The Balaban J connectivity index is 0.720. The summed E-state index contributed by atoms with van der Waals surface area (Å²) in [5, 5.41) is 14.9. The molecule has 4 fully saturated rings. The number of aromatic nitrogens is 5. The molecular formula is C45H51FN10O4. The van der Waals surface area contributed by atoms with Crippen LogP contribution in [0.1, 0.15) is 75.8 Å². The van der Waals surface area contributed by atoms with E-state index in [1.165, 1.54) is 16.8 Å². The quantitative estimate of drug-likeness (QED) is 0.172. The number of anilines is 2. The van der Waals surface area contributed by atoms with Gasteiger partial charge in [0.15, 0.2) is 5.82 Å². The van der Waals surface area contributed by atoms with Gasteiger partial charge in [-0.05, 0) is 94.2 Å². The number of hydrogen-bond donors (Lipinski definition) is 3. The molecule has 14 nitrogen and oxygen atoms in total. The molecule has 3 aromatic heterocycles. The fourth-order valence-electron chi connectivity index (χ4n) is 9.70. The number of hydrogen-bond acceptors (Lipinski definition) is 10. The number of benzene rings is 2. The van der Waals surface area contributed by atoms with E-state index < -0.39 is 11.7 Å². The van der Waals surface area contributed by atoms with Crippen molar-refractivity contribution in [3.8, 4) is 16.9 Å². The summed E-state index contributed by atoms with van der Waals surface area (Å²) < 4.78 is 18.3. The molecule has 0 spiro atoms. The molecule has 9 rings (SSSR count). The van der Waals surface area contributed by atoms with Crippen LogP contribution in [0.5, 0.6) is 0 Å². The minimum absolute atomic E-state index is 0.0409. The van der Waals surface area contributed by atoms with Gasteiger partial charge >= 0.3 is 0 Å². The van der Waals surface area contributed by atoms with Crippen molar-refractivity contribution in [1.29, 1.82) is 0 Å². The monoisotopic (exact) mass is 814 g/mol. The first kappa shape index (κ1) is 39.5. The van der Waals surface area contributed by atoms with Crippen molar-refractivity contribution in [2.24, 2.45) is 13.0 Å². The van der Waals surface area contributed by atoms with E-state index in [9.17, 15) is 23.6 Å². The van der Waals surface area contributed by atoms with E-state index in [1.54, 1.807) is 42.6 Å². The van der Waals surface area contributed by atoms with Gasteiger partial charge < -0.3 is 15.5 Å². The molecule has 0 radical (unpaired) electrons. The number of piperazine rings is 1. The molecule has 5 aromatic rings. The Bertz CT molecular complexity index is 2460. The van der Waals surface area contributed by atoms with Crippen LogP contribution in [0.2, 0.25) is 0 Å². The molecular weight excluding hydrogens is 764 g/mol. The Hall–Kier alpha value is -5.96. The molecule has 5 heterocycles. The molecule has 2 saturated heterocycles. The average molecular weight is 815 g/mol. The van der Waals surface area contributed by atoms with E-state index in [4.69, 9.17) is 5.10 Å². The summed E-state index contributed by atoms with van der Waals surface area (Å²) in [7, 11) is 1.90. The maximum Gasteiger partial charge on any atom is 0.255 e. The molecule has 2 aliphatic carbocycles. The predicted molar refractivity (Wildman–Crippen MR) is 226 cm³/mol. The Morgan fingerprint density at radius 1 is 0.833 bits per heavy atom. The van der Waals surface area contributed by atoms with Crippen molar-refractivity contribution >= 4 is 40.3 Å². The highest BCUT2D eigenvalue weighted by molar-refractivity contribution is 6.02. The number of amides is 3. The molecule has 1 atom stereocenters. The standard InChI is InChI=1S/C45H51FN10O4/c1-53-38-26-33(16-17-35(38)42(52-53)36-18-19-39(57)50-44(36)60)55-23-21-54(22-24-55)32-14-8-28(9-15-32)43(59)48-30-10-12-31(13-11-30)49-45-47-27-37(46)41(51-45)29-5-4-6-34(25-29)56-20-3-2-7-40(56)58/h2-7,16-17,20,25-28,30-32,36H,8-15,18-19,21-24H2,1H3,(H,48,59)(H,47,49,51)(H,50,57,60)/t28-,30-,31-,32-,36?. The summed E-state index contributed by atoms with van der Waals surface area (Å²) >= 11 is 0. The van der Waals surface area contributed by atoms with E-state index in [0.717, 1.165) is 99.8 Å². The first-order valence-electron chi connectivity index (χ1n) is 21.3. The summed E-state index contributed by atoms with van der Waals surface area (Å²) in [4.78, 5) is 63.8. The summed E-state index contributed by atoms with van der Waals surface area (Å²) in [6.07, 6.45) is 10.9. The smallest absolute Gasteiger partial charge is 0.255 e. The Morgan fingerprint density at radius 3 is 2.38 bits per heavy atom. The van der Waals surface area contributed by atoms with Crippen molar-refractivity contribution in [3.05, 3.63) is 94.9 Å². The van der Waals surface area contributed by atoms with Gasteiger partial charge in [0.2, 0.25) is 23.7 Å². The van der Waals surface area contributed by atoms with Gasteiger partial charge in [0.1, 0.15) is 5.69 Å². The van der Waals surface area contributed by atoms with Crippen LogP contribution in [0.4, 0.5) is 16.0 Å². The van der Waals surface area contributed by atoms with Crippen LogP contribution in [0, 0.1) is 11.7 Å². The van der Waals surface area contributed by atoms with Crippen LogP contribution in [-0.4, -0.2) is 91.2 Å². The van der Waals surface area contributed by atoms with Gasteiger partial charge in [0.05, 0.1) is 23.3 Å². The second kappa shape index (κ2) is 17.0. The van der Waals surface area contributed by atoms with Crippen LogP contribution in [-0.2, 0) is 21.4 Å². The number of pyridine rings is 1. The first-order valence-corrected chi connectivity index (χ1v) is 21.3. The largest absolute Gasteiger partial charge is 0.369 e. The second-order valence-electron chi connectivity index (χ2n) is 16.8. The zero-order valence-electron chi connectivity index (χ0n) is 33.9. The van der Waals surface area contributed by atoms with Crippen molar-refractivity contribution in [1.82, 2.24) is 39.8 Å². The van der Waals surface area contributed by atoms with Crippen molar-refractivity contribution in [3.63, 3.8) is 0 Å². The fourth-order valence-corrected chi connectivity index (χ4v) is 9.70. The van der Waals surface area contributed by atoms with Crippen molar-refractivity contribution in [2.45, 2.75) is 88.3 Å². The van der Waals surface area contributed by atoms with Gasteiger partial charge in [-0.25, -0.2) is 14.4 Å². The van der Waals surface area contributed by atoms with E-state index in [1.807, 2.05) is 11.7 Å². The minimum Gasteiger partial charge on any atom is -0.369 e. The second-order valence-corrected chi connectivity index (χ2v) is 16.8. The van der Waals surface area contributed by atoms with Gasteiger partial charge in [-0.15, -0.1) is 0 Å². The average Bonchev–Trinajstić information content (AvgIpc) is 3.60. The molecule has 2 aromatic carbocycles. The lowest BCUT2D eigenvalue weighted by Gasteiger charge is -2.42. The van der Waals surface area contributed by atoms with Crippen LogP contribution in [0.15, 0.2) is 77.9 Å². The number of carbonyl (C=O) groups is 3. The van der Waals surface area contributed by atoms with E-state index >= 15 is 0 Å². The number of fused-ring (bicyclic) bond motifs is 1. The molecule has 60 heavy (non-hydrogen) atoms. The Labute approximate surface area is 347 Å². The zero-order chi connectivity index (χ0) is 41.3.